The number of aryl methyl sites for hydroxylation is 1. The second-order valence-corrected chi connectivity index (χ2v) is 24.2. The lowest BCUT2D eigenvalue weighted by atomic mass is 10.0. The van der Waals surface area contributed by atoms with Crippen LogP contribution in [0.1, 0.15) is 96.4 Å². The number of hydrogen-bond acceptors (Lipinski definition) is 17. The van der Waals surface area contributed by atoms with Crippen LogP contribution in [0.5, 0.6) is 5.75 Å². The Labute approximate surface area is 516 Å². The van der Waals surface area contributed by atoms with Crippen LogP contribution in [0.4, 0.5) is 36.8 Å². The number of nitrogens with one attached hydrogen (secondary N) is 5. The van der Waals surface area contributed by atoms with Crippen molar-refractivity contribution in [3.63, 3.8) is 0 Å². The predicted molar refractivity (Wildman–Crippen MR) is 331 cm³/mol. The third-order valence-electron chi connectivity index (χ3n) is 15.4. The number of fused-ring (bicyclic) bond motifs is 2. The van der Waals surface area contributed by atoms with Crippen molar-refractivity contribution >= 4 is 102 Å². The molecule has 6 heterocycles. The Kier molecular flexibility index (Phi) is 21.4. The van der Waals surface area contributed by atoms with Crippen molar-refractivity contribution in [3.8, 4) is 17.6 Å². The third-order valence-corrected chi connectivity index (χ3v) is 17.5. The Morgan fingerprint density at radius 2 is 1.67 bits per heavy atom. The van der Waals surface area contributed by atoms with Gasteiger partial charge < -0.3 is 56.3 Å². The van der Waals surface area contributed by atoms with E-state index in [1.54, 1.807) is 38.1 Å². The molecule has 3 aliphatic heterocycles. The fraction of sp³-hybridized carbons (Fsp3) is 0.403. The number of nitrogens with two attached hydrogens (primary N) is 1. The number of carboxylic acid groups (broad SMARTS) is 1. The summed E-state index contributed by atoms with van der Waals surface area (Å²) in [6.45, 7) is 9.45. The first-order valence-corrected chi connectivity index (χ1v) is 31.0. The summed E-state index contributed by atoms with van der Waals surface area (Å²) in [4.78, 5) is 101. The van der Waals surface area contributed by atoms with Crippen LogP contribution in [-0.2, 0) is 48.1 Å². The minimum Gasteiger partial charge on any atom is -0.491 e. The van der Waals surface area contributed by atoms with E-state index in [0.29, 0.717) is 76.3 Å². The van der Waals surface area contributed by atoms with Crippen molar-refractivity contribution in [3.05, 3.63) is 118 Å². The maximum atomic E-state index is 15.5. The molecule has 3 aromatic carbocycles. The molecule has 7 amide bonds. The average molecular weight is 1240 g/mol. The summed E-state index contributed by atoms with van der Waals surface area (Å²) >= 11 is 2.83. The number of imide groups is 1. The van der Waals surface area contributed by atoms with Gasteiger partial charge in [-0.15, -0.1) is 21.5 Å². The first kappa shape index (κ1) is 63.6. The molecule has 3 aromatic heterocycles. The number of halogens is 1. The summed E-state index contributed by atoms with van der Waals surface area (Å²) in [5, 5.41) is 34.8. The Balaban J connectivity index is 0.747. The van der Waals surface area contributed by atoms with Crippen molar-refractivity contribution in [2.45, 2.75) is 97.2 Å². The van der Waals surface area contributed by atoms with Gasteiger partial charge in [0.05, 0.1) is 49.7 Å². The van der Waals surface area contributed by atoms with Crippen LogP contribution in [-0.4, -0.2) is 147 Å². The highest BCUT2D eigenvalue weighted by Crippen LogP contribution is 2.39. The molecule has 1 fully saturated rings. The number of amides is 7. The number of carbonyl (C=O) groups is 7. The molecule has 0 aliphatic carbocycles. The highest BCUT2D eigenvalue weighted by Gasteiger charge is 2.33. The molecule has 6 aromatic rings. The number of quaternary nitrogens is 1. The van der Waals surface area contributed by atoms with Gasteiger partial charge in [-0.25, -0.2) is 23.9 Å². The zero-order valence-corrected chi connectivity index (χ0v) is 50.8. The number of thiazole rings is 2. The number of primary amides is 1. The number of aromatic carboxylic acids is 1. The van der Waals surface area contributed by atoms with Gasteiger partial charge in [0.25, 0.3) is 11.8 Å². The SMILES string of the molecule is Cc1c(Nc2nc3ccccc3s2)nnc2c1CCCN2c1nc(C(=O)O)c(CCCOc2ccc(C#CC[N+]3(Cc4ccc(NC(=O)[C@H](CCCNC(N)=O)NC(=O)[C@@H](NC(=O)CCOCCN5C(=O)C=CC5=O)C(C)C)cc4)CCCC3)cc2F)s1. The summed E-state index contributed by atoms with van der Waals surface area (Å²) in [7, 11) is 0. The molecular weight excluding hydrogens is 1170 g/mol. The molecule has 0 unspecified atom stereocenters. The topological polar surface area (TPSA) is 302 Å². The van der Waals surface area contributed by atoms with Gasteiger partial charge in [0.2, 0.25) is 17.7 Å². The van der Waals surface area contributed by atoms with Crippen molar-refractivity contribution in [2.75, 3.05) is 74.6 Å². The maximum Gasteiger partial charge on any atom is 0.355 e. The van der Waals surface area contributed by atoms with Crippen molar-refractivity contribution < 1.29 is 57.0 Å². The van der Waals surface area contributed by atoms with E-state index in [0.717, 1.165) is 75.7 Å². The predicted octanol–water partition coefficient (Wildman–Crippen LogP) is 7.03. The van der Waals surface area contributed by atoms with Gasteiger partial charge in [-0.2, -0.15) is 0 Å². The van der Waals surface area contributed by atoms with E-state index < -0.39 is 59.4 Å². The van der Waals surface area contributed by atoms with Crippen molar-refractivity contribution in [1.82, 2.24) is 41.0 Å². The first-order valence-electron chi connectivity index (χ1n) is 29.3. The number of aromatic nitrogens is 4. The summed E-state index contributed by atoms with van der Waals surface area (Å²) in [5.41, 5.74) is 10.1. The van der Waals surface area contributed by atoms with Crippen LogP contribution in [0, 0.1) is 30.5 Å². The van der Waals surface area contributed by atoms with E-state index in [-0.39, 0.29) is 63.1 Å². The van der Waals surface area contributed by atoms with Crippen LogP contribution >= 0.6 is 22.7 Å². The summed E-state index contributed by atoms with van der Waals surface area (Å²) in [6, 6.07) is 17.2. The summed E-state index contributed by atoms with van der Waals surface area (Å²) < 4.78 is 28.6. The first-order chi connectivity index (χ1) is 42.4. The standard InChI is InChI=1S/C62H70FN13O10S2/c1-38(2)53(69-50(77)26-34-85-35-29-74-51(78)24-25-52(74)79)58(81)67-46(15-8-27-65-60(64)84)57(80)66-42-21-18-41(19-22-42)37-76(30-6-7-31-76)32-10-12-40-20-23-47(44(63)36-40)86-33-11-17-49-54(59(82)83)70-62(88-49)75-28-9-13-43-39(3)55(72-73-56(43)75)71-61-68-45-14-4-5-16-48(45)87-61/h4-5,14,16,18-25,36,38,46,53H,6-9,11,13,15,17,26-35,37H2,1-3H3,(H7-,64,65,66,67,68,69,71,72,77,80,81,82,83,84)/p+1/t46-,53-/m0/s1. The number of hydrogen-bond donors (Lipinski definition) is 7. The van der Waals surface area contributed by atoms with Gasteiger partial charge in [-0.1, -0.05) is 55.4 Å². The largest absolute Gasteiger partial charge is 0.491 e. The van der Waals surface area contributed by atoms with Gasteiger partial charge in [0.1, 0.15) is 25.2 Å². The highest BCUT2D eigenvalue weighted by molar-refractivity contribution is 7.22. The second-order valence-electron chi connectivity index (χ2n) is 22.1. The molecule has 9 rings (SSSR count). The zero-order valence-electron chi connectivity index (χ0n) is 49.2. The average Bonchev–Trinajstić information content (AvgIpc) is 2.34. The number of likely N-dealkylation sites (tertiary alicyclic amines) is 1. The number of ether oxygens (including phenoxy) is 2. The molecule has 2 atom stereocenters. The molecular formula is C62H71FN13O10S2+. The lowest BCUT2D eigenvalue weighted by Crippen LogP contribution is -2.54. The zero-order chi connectivity index (χ0) is 62.3. The molecule has 462 valence electrons. The molecule has 0 radical (unpaired) electrons. The molecule has 1 saturated heterocycles. The monoisotopic (exact) mass is 1240 g/mol. The third kappa shape index (κ3) is 16.6. The van der Waals surface area contributed by atoms with E-state index in [1.165, 1.54) is 40.9 Å². The molecule has 0 saturated carbocycles. The number of rotatable bonds is 28. The van der Waals surface area contributed by atoms with Gasteiger partial charge >= 0.3 is 12.0 Å². The molecule has 0 spiro atoms. The highest BCUT2D eigenvalue weighted by atomic mass is 32.1. The quantitative estimate of drug-likeness (QED) is 0.0112. The number of carboxylic acids is 1. The van der Waals surface area contributed by atoms with E-state index in [4.69, 9.17) is 15.2 Å². The molecule has 23 nitrogen and oxygen atoms in total. The van der Waals surface area contributed by atoms with Crippen LogP contribution in [0.2, 0.25) is 0 Å². The van der Waals surface area contributed by atoms with E-state index in [1.807, 2.05) is 48.2 Å². The molecule has 0 bridgehead atoms. The molecule has 3 aliphatic rings. The Bertz CT molecular complexity index is 3600. The van der Waals surface area contributed by atoms with Crippen molar-refractivity contribution in [1.29, 1.82) is 0 Å². The van der Waals surface area contributed by atoms with Crippen LogP contribution in [0.25, 0.3) is 10.2 Å². The van der Waals surface area contributed by atoms with E-state index in [9.17, 15) is 38.7 Å². The summed E-state index contributed by atoms with van der Waals surface area (Å²) in [6.07, 6.45) is 7.10. The Hall–Kier alpha value is -8.90. The van der Waals surface area contributed by atoms with Crippen molar-refractivity contribution in [2.24, 2.45) is 11.7 Å². The fourth-order valence-electron chi connectivity index (χ4n) is 10.7. The van der Waals surface area contributed by atoms with Crippen LogP contribution in [0.3, 0.4) is 0 Å². The van der Waals surface area contributed by atoms with Crippen LogP contribution < -0.4 is 42.0 Å². The normalized spacial score (nSPS) is 14.9. The maximum absolute atomic E-state index is 15.5. The lowest BCUT2D eigenvalue weighted by Gasteiger charge is -2.32. The number of urea groups is 1. The lowest BCUT2D eigenvalue weighted by molar-refractivity contribution is -0.923. The van der Waals surface area contributed by atoms with Gasteiger partial charge in [-0.05, 0) is 99.8 Å². The molecule has 8 N–H and O–H groups in total. The smallest absolute Gasteiger partial charge is 0.355 e. The summed E-state index contributed by atoms with van der Waals surface area (Å²) in [5.74, 6) is 3.29. The van der Waals surface area contributed by atoms with E-state index in [2.05, 4.69) is 58.6 Å². The number of anilines is 5. The number of nitrogens with zero attached hydrogens (tertiary/aromatic N) is 7. The van der Waals surface area contributed by atoms with Gasteiger partial charge in [0.15, 0.2) is 39.2 Å². The molecule has 26 heteroatoms. The Morgan fingerprint density at radius 3 is 2.40 bits per heavy atom. The molecule has 88 heavy (non-hydrogen) atoms. The second kappa shape index (κ2) is 29.7. The fourth-order valence-corrected chi connectivity index (χ4v) is 12.7. The number of benzene rings is 3. The minimum atomic E-state index is -1.14. The van der Waals surface area contributed by atoms with Gasteiger partial charge in [0, 0.05) is 77.3 Å². The number of para-hydroxylation sites is 1. The Morgan fingerprint density at radius 1 is 0.898 bits per heavy atom. The number of carbonyl (C=O) groups excluding carboxylic acids is 6. The minimum absolute atomic E-state index is 0.0207. The van der Waals surface area contributed by atoms with Crippen LogP contribution in [0.15, 0.2) is 78.9 Å². The van der Waals surface area contributed by atoms with Gasteiger partial charge in [-0.3, -0.25) is 28.9 Å². The van der Waals surface area contributed by atoms with E-state index >= 15 is 4.39 Å².